The van der Waals surface area contributed by atoms with Gasteiger partial charge in [0.25, 0.3) is 0 Å². The largest absolute Gasteiger partial charge is 0.477 e. The highest BCUT2D eigenvalue weighted by Gasteiger charge is 2.18. The van der Waals surface area contributed by atoms with Gasteiger partial charge in [0.05, 0.1) is 5.52 Å². The van der Waals surface area contributed by atoms with Crippen molar-refractivity contribution in [2.24, 2.45) is 7.05 Å². The normalized spacial score (nSPS) is 11.4. The number of benzene rings is 1. The molecule has 0 fully saturated rings. The minimum absolute atomic E-state index is 0.0144. The number of para-hydroxylation sites is 1. The van der Waals surface area contributed by atoms with Gasteiger partial charge in [-0.15, -0.1) is 0 Å². The van der Waals surface area contributed by atoms with Crippen molar-refractivity contribution >= 4 is 27.8 Å². The zero-order chi connectivity index (χ0) is 16.1. The van der Waals surface area contributed by atoms with E-state index >= 15 is 0 Å². The Labute approximate surface area is 131 Å². The number of hydrogen-bond donors (Lipinski definition) is 2. The number of rotatable bonds is 2. The van der Waals surface area contributed by atoms with Crippen LogP contribution in [0.15, 0.2) is 36.4 Å². The zero-order valence-corrected chi connectivity index (χ0v) is 12.7. The van der Waals surface area contributed by atoms with E-state index in [0.29, 0.717) is 11.4 Å². The first-order valence-corrected chi connectivity index (χ1v) is 7.20. The molecule has 0 aliphatic carbocycles. The van der Waals surface area contributed by atoms with Crippen LogP contribution in [0.5, 0.6) is 0 Å². The van der Waals surface area contributed by atoms with Crippen molar-refractivity contribution in [3.63, 3.8) is 0 Å². The van der Waals surface area contributed by atoms with E-state index in [0.717, 1.165) is 27.5 Å². The predicted molar refractivity (Wildman–Crippen MR) is 87.5 cm³/mol. The Balaban J connectivity index is 2.14. The molecule has 0 unspecified atom stereocenters. The first kappa shape index (κ1) is 13.5. The summed E-state index contributed by atoms with van der Waals surface area (Å²) in [5, 5.41) is 15.6. The van der Waals surface area contributed by atoms with Gasteiger partial charge in [0.15, 0.2) is 0 Å². The minimum Gasteiger partial charge on any atom is -0.477 e. The lowest BCUT2D eigenvalue weighted by atomic mass is 10.1. The predicted octanol–water partition coefficient (Wildman–Crippen LogP) is 3.12. The quantitative estimate of drug-likeness (QED) is 0.596. The Bertz CT molecular complexity index is 1060. The fourth-order valence-electron chi connectivity index (χ4n) is 2.82. The summed E-state index contributed by atoms with van der Waals surface area (Å²) in [4.78, 5) is 19.1. The number of carboxylic acids is 1. The zero-order valence-electron chi connectivity index (χ0n) is 12.7. The summed E-state index contributed by atoms with van der Waals surface area (Å²) in [6.45, 7) is 1.94. The summed E-state index contributed by atoms with van der Waals surface area (Å²) in [7, 11) is 1.85. The number of H-pyrrole nitrogens is 1. The average molecular weight is 306 g/mol. The fourth-order valence-corrected chi connectivity index (χ4v) is 2.82. The van der Waals surface area contributed by atoms with E-state index in [-0.39, 0.29) is 5.69 Å². The fraction of sp³-hybridized carbons (Fsp3) is 0.118. The molecular weight excluding hydrogens is 292 g/mol. The van der Waals surface area contributed by atoms with Crippen LogP contribution in [0.25, 0.3) is 33.2 Å². The molecule has 4 rings (SSSR count). The van der Waals surface area contributed by atoms with Crippen LogP contribution in [0, 0.1) is 6.92 Å². The van der Waals surface area contributed by atoms with Gasteiger partial charge in [0.1, 0.15) is 17.1 Å². The van der Waals surface area contributed by atoms with E-state index in [1.54, 1.807) is 10.7 Å². The van der Waals surface area contributed by atoms with Crippen LogP contribution < -0.4 is 0 Å². The van der Waals surface area contributed by atoms with Crippen LogP contribution in [0.3, 0.4) is 0 Å². The number of aromatic amines is 1. The standard InChI is InChI=1S/C17H14N4O2/c1-9-7-13(20-21(9)2)16-15-11(8-14(19-16)17(22)23)10-5-3-4-6-12(10)18-15/h3-8,18H,1-2H3,(H,22,23). The van der Waals surface area contributed by atoms with Gasteiger partial charge in [-0.05, 0) is 25.1 Å². The SMILES string of the molecule is Cc1cc(-c2nc(C(=O)O)cc3c2[nH]c2ccccc23)nn1C. The maximum atomic E-state index is 11.5. The Morgan fingerprint density at radius 1 is 1.22 bits per heavy atom. The summed E-state index contributed by atoms with van der Waals surface area (Å²) in [5.41, 5.74) is 3.95. The first-order valence-electron chi connectivity index (χ1n) is 7.20. The maximum Gasteiger partial charge on any atom is 0.354 e. The molecule has 0 spiro atoms. The van der Waals surface area contributed by atoms with E-state index in [2.05, 4.69) is 15.1 Å². The molecule has 0 saturated heterocycles. The van der Waals surface area contributed by atoms with Gasteiger partial charge in [-0.25, -0.2) is 9.78 Å². The van der Waals surface area contributed by atoms with Crippen LogP contribution in [0.2, 0.25) is 0 Å². The third kappa shape index (κ3) is 1.99. The molecule has 0 aliphatic rings. The Hall–Kier alpha value is -3.15. The maximum absolute atomic E-state index is 11.5. The molecule has 114 valence electrons. The molecule has 0 bridgehead atoms. The third-order valence-electron chi connectivity index (χ3n) is 4.07. The van der Waals surface area contributed by atoms with Gasteiger partial charge in [-0.2, -0.15) is 5.10 Å². The molecule has 0 amide bonds. The van der Waals surface area contributed by atoms with E-state index in [4.69, 9.17) is 0 Å². The van der Waals surface area contributed by atoms with Crippen molar-refractivity contribution in [3.05, 3.63) is 47.8 Å². The molecule has 6 nitrogen and oxygen atoms in total. The number of hydrogen-bond acceptors (Lipinski definition) is 3. The van der Waals surface area contributed by atoms with Crippen molar-refractivity contribution in [3.8, 4) is 11.4 Å². The highest BCUT2D eigenvalue weighted by molar-refractivity contribution is 6.12. The second kappa shape index (κ2) is 4.67. The van der Waals surface area contributed by atoms with Crippen molar-refractivity contribution in [1.29, 1.82) is 0 Å². The van der Waals surface area contributed by atoms with Crippen molar-refractivity contribution < 1.29 is 9.90 Å². The molecule has 3 heterocycles. The molecule has 6 heteroatoms. The number of carboxylic acid groups (broad SMARTS) is 1. The summed E-state index contributed by atoms with van der Waals surface area (Å²) < 4.78 is 1.75. The lowest BCUT2D eigenvalue weighted by Gasteiger charge is -2.02. The second-order valence-corrected chi connectivity index (χ2v) is 5.55. The minimum atomic E-state index is -1.05. The first-order chi connectivity index (χ1) is 11.0. The van der Waals surface area contributed by atoms with Gasteiger partial charge in [-0.3, -0.25) is 4.68 Å². The molecule has 0 atom stereocenters. The number of pyridine rings is 1. The second-order valence-electron chi connectivity index (χ2n) is 5.55. The lowest BCUT2D eigenvalue weighted by Crippen LogP contribution is -2.02. The number of carbonyl (C=O) groups is 1. The molecule has 1 aromatic carbocycles. The summed E-state index contributed by atoms with van der Waals surface area (Å²) in [5.74, 6) is -1.05. The van der Waals surface area contributed by atoms with Gasteiger partial charge in [0.2, 0.25) is 0 Å². The number of nitrogens with zero attached hydrogens (tertiary/aromatic N) is 3. The monoisotopic (exact) mass is 306 g/mol. The third-order valence-corrected chi connectivity index (χ3v) is 4.07. The van der Waals surface area contributed by atoms with Gasteiger partial charge in [-0.1, -0.05) is 18.2 Å². The molecule has 0 saturated carbocycles. The van der Waals surface area contributed by atoms with Crippen LogP contribution in [0.4, 0.5) is 0 Å². The van der Waals surface area contributed by atoms with Gasteiger partial charge >= 0.3 is 5.97 Å². The van der Waals surface area contributed by atoms with Gasteiger partial charge in [0, 0.05) is 29.0 Å². The summed E-state index contributed by atoms with van der Waals surface area (Å²) in [6.07, 6.45) is 0. The molecule has 0 radical (unpaired) electrons. The molecular formula is C17H14N4O2. The highest BCUT2D eigenvalue weighted by Crippen LogP contribution is 2.32. The summed E-state index contributed by atoms with van der Waals surface area (Å²) >= 11 is 0. The van der Waals surface area contributed by atoms with E-state index in [9.17, 15) is 9.90 Å². The number of aromatic nitrogens is 4. The molecule has 3 aromatic heterocycles. The smallest absolute Gasteiger partial charge is 0.354 e. The van der Waals surface area contributed by atoms with Gasteiger partial charge < -0.3 is 10.1 Å². The van der Waals surface area contributed by atoms with Crippen molar-refractivity contribution in [2.75, 3.05) is 0 Å². The average Bonchev–Trinajstić information content (AvgIpc) is 3.07. The van der Waals surface area contributed by atoms with Crippen LogP contribution in [-0.4, -0.2) is 30.8 Å². The van der Waals surface area contributed by atoms with Crippen LogP contribution in [-0.2, 0) is 7.05 Å². The molecule has 2 N–H and O–H groups in total. The van der Waals surface area contributed by atoms with Crippen molar-refractivity contribution in [2.45, 2.75) is 6.92 Å². The highest BCUT2D eigenvalue weighted by atomic mass is 16.4. The van der Waals surface area contributed by atoms with E-state index < -0.39 is 5.97 Å². The number of nitrogens with one attached hydrogen (secondary N) is 1. The Morgan fingerprint density at radius 2 is 2.00 bits per heavy atom. The number of aromatic carboxylic acids is 1. The Morgan fingerprint density at radius 3 is 2.70 bits per heavy atom. The lowest BCUT2D eigenvalue weighted by molar-refractivity contribution is 0.0691. The van der Waals surface area contributed by atoms with Crippen LogP contribution >= 0.6 is 0 Å². The molecule has 23 heavy (non-hydrogen) atoms. The number of aryl methyl sites for hydroxylation is 2. The summed E-state index contributed by atoms with van der Waals surface area (Å²) in [6, 6.07) is 11.3. The van der Waals surface area contributed by atoms with E-state index in [1.165, 1.54) is 0 Å². The van der Waals surface area contributed by atoms with Crippen molar-refractivity contribution in [1.82, 2.24) is 19.7 Å². The Kier molecular flexibility index (Phi) is 2.74. The van der Waals surface area contributed by atoms with Crippen LogP contribution in [0.1, 0.15) is 16.2 Å². The molecule has 4 aromatic rings. The molecule has 0 aliphatic heterocycles. The topological polar surface area (TPSA) is 83.8 Å². The van der Waals surface area contributed by atoms with E-state index in [1.807, 2.05) is 44.3 Å². The number of fused-ring (bicyclic) bond motifs is 3.